The molecule has 1 amide bonds. The van der Waals surface area contributed by atoms with Gasteiger partial charge in [0.15, 0.2) is 5.82 Å². The molecule has 0 fully saturated rings. The van der Waals surface area contributed by atoms with Gasteiger partial charge in [-0.25, -0.2) is 0 Å². The Labute approximate surface area is 139 Å². The summed E-state index contributed by atoms with van der Waals surface area (Å²) < 4.78 is 8.58. The van der Waals surface area contributed by atoms with Crippen LogP contribution >= 0.6 is 0 Å². The van der Waals surface area contributed by atoms with Gasteiger partial charge < -0.3 is 14.6 Å². The molecular weight excluding hydrogens is 308 g/mol. The highest BCUT2D eigenvalue weighted by atomic mass is 16.5. The third-order valence-electron chi connectivity index (χ3n) is 3.71. The molecule has 0 radical (unpaired) electrons. The number of nitrogens with one attached hydrogen (secondary N) is 1. The van der Waals surface area contributed by atoms with Crippen molar-refractivity contribution in [1.82, 2.24) is 29.9 Å². The van der Waals surface area contributed by atoms with Crippen LogP contribution in [0.25, 0.3) is 10.9 Å². The summed E-state index contributed by atoms with van der Waals surface area (Å²) in [5, 5.41) is 16.3. The van der Waals surface area contributed by atoms with Gasteiger partial charge in [-0.3, -0.25) is 9.48 Å². The summed E-state index contributed by atoms with van der Waals surface area (Å²) >= 11 is 0. The second-order valence-corrected chi connectivity index (χ2v) is 5.55. The molecule has 3 rings (SSSR count). The third-order valence-corrected chi connectivity index (χ3v) is 3.71. The third kappa shape index (κ3) is 3.60. The second-order valence-electron chi connectivity index (χ2n) is 5.55. The van der Waals surface area contributed by atoms with E-state index >= 15 is 0 Å². The summed E-state index contributed by atoms with van der Waals surface area (Å²) in [5.74, 6) is 0.572. The van der Waals surface area contributed by atoms with E-state index in [1.54, 1.807) is 18.1 Å². The van der Waals surface area contributed by atoms with Gasteiger partial charge in [0.1, 0.15) is 12.9 Å². The molecule has 8 nitrogen and oxygen atoms in total. The molecule has 2 heterocycles. The summed E-state index contributed by atoms with van der Waals surface area (Å²) in [6.07, 6.45) is 3.50. The number of benzene rings is 1. The second kappa shape index (κ2) is 7.22. The van der Waals surface area contributed by atoms with E-state index in [-0.39, 0.29) is 18.5 Å². The highest BCUT2D eigenvalue weighted by molar-refractivity contribution is 5.79. The summed E-state index contributed by atoms with van der Waals surface area (Å²) in [5.41, 5.74) is 0.873. The van der Waals surface area contributed by atoms with E-state index in [2.05, 4.69) is 20.6 Å². The van der Waals surface area contributed by atoms with E-state index in [9.17, 15) is 4.79 Å². The van der Waals surface area contributed by atoms with Crippen LogP contribution in [0.3, 0.4) is 0 Å². The van der Waals surface area contributed by atoms with Crippen LogP contribution in [-0.4, -0.2) is 44.2 Å². The quantitative estimate of drug-likeness (QED) is 0.703. The number of hydrogen-bond donors (Lipinski definition) is 1. The fraction of sp³-hybridized carbons (Fsp3) is 0.375. The number of rotatable bonds is 7. The molecular formula is C16H20N6O2. The van der Waals surface area contributed by atoms with Crippen LogP contribution in [0.5, 0.6) is 0 Å². The van der Waals surface area contributed by atoms with E-state index < -0.39 is 0 Å². The molecule has 8 heteroatoms. The van der Waals surface area contributed by atoms with Crippen LogP contribution in [-0.2, 0) is 22.6 Å². The monoisotopic (exact) mass is 328 g/mol. The summed E-state index contributed by atoms with van der Waals surface area (Å²) in [6.45, 7) is 3.24. The van der Waals surface area contributed by atoms with Crippen molar-refractivity contribution in [3.8, 4) is 0 Å². The lowest BCUT2D eigenvalue weighted by Crippen LogP contribution is -2.32. The van der Waals surface area contributed by atoms with Crippen molar-refractivity contribution in [3.05, 3.63) is 42.6 Å². The standard InChI is InChI=1S/C16H20N6O2/c1-12(16-19-17-11-21(16)7-8-24-2)18-15(23)10-22-9-13-5-3-4-6-14(13)20-22/h3-6,9,11-12H,7-8,10H2,1-2H3,(H,18,23). The van der Waals surface area contributed by atoms with Crippen molar-refractivity contribution in [2.45, 2.75) is 26.1 Å². The van der Waals surface area contributed by atoms with Crippen LogP contribution in [0.1, 0.15) is 18.8 Å². The first kappa shape index (κ1) is 16.1. The van der Waals surface area contributed by atoms with Crippen molar-refractivity contribution in [2.24, 2.45) is 0 Å². The largest absolute Gasteiger partial charge is 0.383 e. The maximum absolute atomic E-state index is 12.3. The first-order valence-corrected chi connectivity index (χ1v) is 7.75. The van der Waals surface area contributed by atoms with Crippen molar-refractivity contribution in [3.63, 3.8) is 0 Å². The number of nitrogens with zero attached hydrogens (tertiary/aromatic N) is 5. The lowest BCUT2D eigenvalue weighted by Gasteiger charge is -2.14. The first-order valence-electron chi connectivity index (χ1n) is 7.75. The molecule has 2 aromatic heterocycles. The molecule has 0 aliphatic heterocycles. The highest BCUT2D eigenvalue weighted by Crippen LogP contribution is 2.12. The van der Waals surface area contributed by atoms with Crippen LogP contribution in [0.15, 0.2) is 36.8 Å². The Morgan fingerprint density at radius 2 is 2.21 bits per heavy atom. The van der Waals surface area contributed by atoms with Gasteiger partial charge in [-0.1, -0.05) is 18.2 Å². The predicted molar refractivity (Wildman–Crippen MR) is 88.2 cm³/mol. The zero-order valence-corrected chi connectivity index (χ0v) is 13.7. The Balaban J connectivity index is 1.62. The molecule has 1 aromatic carbocycles. The Morgan fingerprint density at radius 1 is 1.38 bits per heavy atom. The maximum Gasteiger partial charge on any atom is 0.242 e. The molecule has 1 atom stereocenters. The summed E-state index contributed by atoms with van der Waals surface area (Å²) in [7, 11) is 1.64. The van der Waals surface area contributed by atoms with Crippen molar-refractivity contribution >= 4 is 16.8 Å². The van der Waals surface area contributed by atoms with Gasteiger partial charge >= 0.3 is 0 Å². The summed E-state index contributed by atoms with van der Waals surface area (Å²) in [6, 6.07) is 7.52. The smallest absolute Gasteiger partial charge is 0.242 e. The number of fused-ring (bicyclic) bond motifs is 1. The number of methoxy groups -OCH3 is 1. The predicted octanol–water partition coefficient (Wildman–Crippen LogP) is 1.15. The molecule has 24 heavy (non-hydrogen) atoms. The van der Waals surface area contributed by atoms with Gasteiger partial charge in [0.25, 0.3) is 0 Å². The van der Waals surface area contributed by atoms with Crippen molar-refractivity contribution in [2.75, 3.05) is 13.7 Å². The van der Waals surface area contributed by atoms with Crippen LogP contribution in [0.2, 0.25) is 0 Å². The van der Waals surface area contributed by atoms with Crippen LogP contribution in [0.4, 0.5) is 0 Å². The van der Waals surface area contributed by atoms with Gasteiger partial charge in [0, 0.05) is 25.2 Å². The molecule has 0 aliphatic carbocycles. The van der Waals surface area contributed by atoms with Gasteiger partial charge in [-0.2, -0.15) is 5.10 Å². The molecule has 0 spiro atoms. The molecule has 1 unspecified atom stereocenters. The lowest BCUT2D eigenvalue weighted by atomic mass is 10.3. The Hall–Kier alpha value is -2.74. The van der Waals surface area contributed by atoms with Crippen LogP contribution < -0.4 is 5.32 Å². The van der Waals surface area contributed by atoms with Crippen molar-refractivity contribution in [1.29, 1.82) is 0 Å². The fourth-order valence-electron chi connectivity index (χ4n) is 2.56. The number of ether oxygens (including phenoxy) is 1. The average molecular weight is 328 g/mol. The Bertz CT molecular complexity index is 792. The average Bonchev–Trinajstić information content (AvgIpc) is 3.18. The topological polar surface area (TPSA) is 86.9 Å². The van der Waals surface area contributed by atoms with Gasteiger partial charge in [-0.15, -0.1) is 10.2 Å². The molecule has 0 aliphatic rings. The number of aromatic nitrogens is 5. The summed E-state index contributed by atoms with van der Waals surface area (Å²) in [4.78, 5) is 12.3. The van der Waals surface area contributed by atoms with E-state index in [4.69, 9.17) is 4.74 Å². The molecule has 126 valence electrons. The van der Waals surface area contributed by atoms with E-state index in [1.807, 2.05) is 42.0 Å². The van der Waals surface area contributed by atoms with Crippen LogP contribution in [0, 0.1) is 0 Å². The first-order chi connectivity index (χ1) is 11.7. The minimum atomic E-state index is -0.248. The maximum atomic E-state index is 12.3. The number of hydrogen-bond acceptors (Lipinski definition) is 5. The van der Waals surface area contributed by atoms with Gasteiger partial charge in [-0.05, 0) is 13.0 Å². The minimum Gasteiger partial charge on any atom is -0.383 e. The SMILES string of the molecule is COCCn1cnnc1C(C)NC(=O)Cn1cc2ccccc2n1. The van der Waals surface area contributed by atoms with E-state index in [0.29, 0.717) is 19.0 Å². The normalized spacial score (nSPS) is 12.4. The molecule has 0 saturated heterocycles. The minimum absolute atomic E-state index is 0.128. The number of carbonyl (C=O) groups is 1. The Morgan fingerprint density at radius 3 is 3.00 bits per heavy atom. The van der Waals surface area contributed by atoms with E-state index in [1.165, 1.54) is 0 Å². The zero-order chi connectivity index (χ0) is 16.9. The molecule has 0 bridgehead atoms. The van der Waals surface area contributed by atoms with Gasteiger partial charge in [0.2, 0.25) is 5.91 Å². The number of amides is 1. The van der Waals surface area contributed by atoms with E-state index in [0.717, 1.165) is 10.9 Å². The molecule has 1 N–H and O–H groups in total. The van der Waals surface area contributed by atoms with Crippen molar-refractivity contribution < 1.29 is 9.53 Å². The molecule has 3 aromatic rings. The molecule has 0 saturated carbocycles. The number of carbonyl (C=O) groups excluding carboxylic acids is 1. The highest BCUT2D eigenvalue weighted by Gasteiger charge is 2.16. The fourth-order valence-corrected chi connectivity index (χ4v) is 2.56. The Kier molecular flexibility index (Phi) is 4.85. The van der Waals surface area contributed by atoms with Gasteiger partial charge in [0.05, 0.1) is 18.2 Å². The lowest BCUT2D eigenvalue weighted by molar-refractivity contribution is -0.122. The zero-order valence-electron chi connectivity index (χ0n) is 13.7.